The van der Waals surface area contributed by atoms with Crippen LogP contribution in [0.3, 0.4) is 0 Å². The van der Waals surface area contributed by atoms with Crippen LogP contribution in [-0.2, 0) is 10.0 Å². The first-order chi connectivity index (χ1) is 9.15. The number of rotatable bonds is 4. The number of sulfonamides is 1. The number of carbonyl (C=O) groups excluding carboxylic acids is 1. The zero-order valence-corrected chi connectivity index (χ0v) is 12.6. The van der Waals surface area contributed by atoms with Gasteiger partial charge in [-0.1, -0.05) is 6.92 Å². The van der Waals surface area contributed by atoms with Gasteiger partial charge >= 0.3 is 0 Å². The average molecular weight is 297 g/mol. The molecule has 1 fully saturated rings. The van der Waals surface area contributed by atoms with Crippen LogP contribution in [0, 0.1) is 5.41 Å². The van der Waals surface area contributed by atoms with E-state index in [1.165, 1.54) is 12.1 Å². The second-order valence-corrected chi connectivity index (χ2v) is 7.23. The molecule has 0 aromatic carbocycles. The van der Waals surface area contributed by atoms with Crippen LogP contribution in [0.4, 0.5) is 0 Å². The van der Waals surface area contributed by atoms with Crippen LogP contribution in [0.25, 0.3) is 0 Å². The van der Waals surface area contributed by atoms with Crippen LogP contribution in [0.2, 0.25) is 0 Å². The Kier molecular flexibility index (Phi) is 3.60. The second kappa shape index (κ2) is 4.82. The molecule has 7 heteroatoms. The molecule has 1 aliphatic rings. The van der Waals surface area contributed by atoms with Gasteiger partial charge < -0.3 is 4.90 Å². The first-order valence-electron chi connectivity index (χ1n) is 6.41. The quantitative estimate of drug-likeness (QED) is 0.896. The van der Waals surface area contributed by atoms with Crippen molar-refractivity contribution in [1.82, 2.24) is 9.88 Å². The summed E-state index contributed by atoms with van der Waals surface area (Å²) < 4.78 is 22.3. The molecule has 1 atom stereocenters. The van der Waals surface area contributed by atoms with Crippen molar-refractivity contribution in [2.24, 2.45) is 10.6 Å². The summed E-state index contributed by atoms with van der Waals surface area (Å²) in [5.74, 6) is -0.216. The molecule has 1 aromatic rings. The van der Waals surface area contributed by atoms with Crippen molar-refractivity contribution in [2.75, 3.05) is 7.05 Å². The molecule has 2 N–H and O–H groups in total. The summed E-state index contributed by atoms with van der Waals surface area (Å²) in [4.78, 5) is 17.8. The third-order valence-corrected chi connectivity index (χ3v) is 5.13. The topological polar surface area (TPSA) is 93.4 Å². The number of amides is 1. The van der Waals surface area contributed by atoms with Gasteiger partial charge in [-0.2, -0.15) is 0 Å². The largest absolute Gasteiger partial charge is 0.337 e. The van der Waals surface area contributed by atoms with E-state index in [2.05, 4.69) is 11.9 Å². The van der Waals surface area contributed by atoms with E-state index >= 15 is 0 Å². The van der Waals surface area contributed by atoms with Gasteiger partial charge in [0.25, 0.3) is 5.91 Å². The number of hydrogen-bond acceptors (Lipinski definition) is 4. The zero-order chi connectivity index (χ0) is 15.1. The number of primary sulfonamides is 1. The van der Waals surface area contributed by atoms with Crippen LogP contribution < -0.4 is 5.14 Å². The van der Waals surface area contributed by atoms with Crippen molar-refractivity contribution >= 4 is 15.9 Å². The molecular weight excluding hydrogens is 278 g/mol. The highest BCUT2D eigenvalue weighted by atomic mass is 32.2. The van der Waals surface area contributed by atoms with E-state index < -0.39 is 10.0 Å². The molecule has 0 spiro atoms. The lowest BCUT2D eigenvalue weighted by atomic mass is 9.99. The smallest absolute Gasteiger partial charge is 0.272 e. The summed E-state index contributed by atoms with van der Waals surface area (Å²) >= 11 is 0. The number of carbonyl (C=O) groups is 1. The van der Waals surface area contributed by atoms with Crippen molar-refractivity contribution in [2.45, 2.75) is 37.6 Å². The molecule has 20 heavy (non-hydrogen) atoms. The van der Waals surface area contributed by atoms with Crippen LogP contribution >= 0.6 is 0 Å². The van der Waals surface area contributed by atoms with Crippen LogP contribution in [0.5, 0.6) is 0 Å². The van der Waals surface area contributed by atoms with Gasteiger partial charge in [-0.25, -0.2) is 18.5 Å². The van der Waals surface area contributed by atoms with E-state index in [9.17, 15) is 13.2 Å². The lowest BCUT2D eigenvalue weighted by molar-refractivity contribution is 0.0678. The third-order valence-electron chi connectivity index (χ3n) is 4.23. The first-order valence-corrected chi connectivity index (χ1v) is 7.96. The van der Waals surface area contributed by atoms with E-state index in [-0.39, 0.29) is 28.0 Å². The van der Waals surface area contributed by atoms with Crippen molar-refractivity contribution < 1.29 is 13.2 Å². The van der Waals surface area contributed by atoms with E-state index in [1.54, 1.807) is 11.9 Å². The molecule has 6 nitrogen and oxygen atoms in total. The van der Waals surface area contributed by atoms with E-state index in [0.29, 0.717) is 0 Å². The Morgan fingerprint density at radius 2 is 2.05 bits per heavy atom. The number of hydrogen-bond donors (Lipinski definition) is 1. The molecule has 0 saturated heterocycles. The zero-order valence-electron chi connectivity index (χ0n) is 11.8. The van der Waals surface area contributed by atoms with Crippen LogP contribution in [0.15, 0.2) is 23.2 Å². The number of nitrogens with two attached hydrogens (primary N) is 1. The van der Waals surface area contributed by atoms with Crippen molar-refractivity contribution in [3.05, 3.63) is 24.0 Å². The van der Waals surface area contributed by atoms with Crippen LogP contribution in [0.1, 0.15) is 37.2 Å². The van der Waals surface area contributed by atoms with E-state index in [1.807, 2.05) is 6.92 Å². The number of pyridine rings is 1. The maximum Gasteiger partial charge on any atom is 0.272 e. The molecular formula is C13H19N3O3S. The summed E-state index contributed by atoms with van der Waals surface area (Å²) in [5, 5.41) is 4.99. The van der Waals surface area contributed by atoms with E-state index in [0.717, 1.165) is 19.0 Å². The maximum absolute atomic E-state index is 12.3. The fraction of sp³-hybridized carbons (Fsp3) is 0.538. The van der Waals surface area contributed by atoms with E-state index in [4.69, 9.17) is 5.14 Å². The van der Waals surface area contributed by atoms with Gasteiger partial charge in [-0.3, -0.25) is 4.79 Å². The van der Waals surface area contributed by atoms with Gasteiger partial charge in [-0.15, -0.1) is 0 Å². The highest BCUT2D eigenvalue weighted by Gasteiger charge is 2.45. The maximum atomic E-state index is 12.3. The summed E-state index contributed by atoms with van der Waals surface area (Å²) in [5.41, 5.74) is 0.404. The fourth-order valence-corrected chi connectivity index (χ4v) is 2.57. The summed E-state index contributed by atoms with van der Waals surface area (Å²) in [6.45, 7) is 4.17. The Labute approximate surface area is 119 Å². The lowest BCUT2D eigenvalue weighted by Crippen LogP contribution is -2.40. The Morgan fingerprint density at radius 3 is 2.45 bits per heavy atom. The standard InChI is InChI=1S/C13H19N3O3S/c1-9(13(2)6-7-13)16(3)12(17)11-5-4-10(8-15-11)20(14,18)19/h4-5,8-9H,6-7H2,1-3H3,(H2,14,18,19). The molecule has 0 aliphatic heterocycles. The molecule has 1 aliphatic carbocycles. The van der Waals surface area contributed by atoms with Gasteiger partial charge in [0.1, 0.15) is 10.6 Å². The normalized spacial score (nSPS) is 18.4. The third kappa shape index (κ3) is 2.83. The summed E-state index contributed by atoms with van der Waals surface area (Å²) in [7, 11) is -2.04. The van der Waals surface area contributed by atoms with Crippen molar-refractivity contribution in [3.8, 4) is 0 Å². The molecule has 2 rings (SSSR count). The molecule has 0 radical (unpaired) electrons. The predicted octanol–water partition coefficient (Wildman–Crippen LogP) is 0.990. The summed E-state index contributed by atoms with van der Waals surface area (Å²) in [6, 6.07) is 2.81. The Balaban J connectivity index is 2.17. The molecule has 0 bridgehead atoms. The minimum absolute atomic E-state index is 0.0982. The number of nitrogens with zero attached hydrogens (tertiary/aromatic N) is 2. The molecule has 110 valence electrons. The Bertz CT molecular complexity index is 621. The Morgan fingerprint density at radius 1 is 1.45 bits per heavy atom. The second-order valence-electron chi connectivity index (χ2n) is 5.67. The van der Waals surface area contributed by atoms with Gasteiger partial charge in [0.2, 0.25) is 10.0 Å². The van der Waals surface area contributed by atoms with Gasteiger partial charge in [-0.05, 0) is 37.3 Å². The fourth-order valence-electron chi connectivity index (χ4n) is 2.11. The number of aromatic nitrogens is 1. The Hall–Kier alpha value is -1.47. The van der Waals surface area contributed by atoms with Gasteiger partial charge in [0.05, 0.1) is 0 Å². The highest BCUT2D eigenvalue weighted by molar-refractivity contribution is 7.89. The van der Waals surface area contributed by atoms with Crippen LogP contribution in [-0.4, -0.2) is 37.3 Å². The van der Waals surface area contributed by atoms with Crippen molar-refractivity contribution in [3.63, 3.8) is 0 Å². The first kappa shape index (κ1) is 14.9. The molecule has 1 aromatic heterocycles. The minimum atomic E-state index is -3.78. The predicted molar refractivity (Wildman–Crippen MR) is 74.5 cm³/mol. The highest BCUT2D eigenvalue weighted by Crippen LogP contribution is 2.49. The molecule has 1 saturated carbocycles. The molecule has 1 amide bonds. The van der Waals surface area contributed by atoms with Gasteiger partial charge in [0, 0.05) is 19.3 Å². The van der Waals surface area contributed by atoms with Gasteiger partial charge in [0.15, 0.2) is 0 Å². The molecule has 1 heterocycles. The SMILES string of the molecule is CC(N(C)C(=O)c1ccc(S(N)(=O)=O)cn1)C1(C)CC1. The minimum Gasteiger partial charge on any atom is -0.337 e. The molecule has 1 unspecified atom stereocenters. The average Bonchev–Trinajstić information content (AvgIpc) is 3.14. The van der Waals surface area contributed by atoms with Crippen molar-refractivity contribution in [1.29, 1.82) is 0 Å². The lowest BCUT2D eigenvalue weighted by Gasteiger charge is -2.29. The monoisotopic (exact) mass is 297 g/mol. The summed E-state index contributed by atoms with van der Waals surface area (Å²) in [6.07, 6.45) is 3.34.